The lowest BCUT2D eigenvalue weighted by Gasteiger charge is -2.31. The number of amides is 7. The summed E-state index contributed by atoms with van der Waals surface area (Å²) in [5.41, 5.74) is 0.336. The minimum atomic E-state index is -3.65. The summed E-state index contributed by atoms with van der Waals surface area (Å²) in [5.74, 6) is -9.24. The third-order valence-corrected chi connectivity index (χ3v) is 12.6. The van der Waals surface area contributed by atoms with Crippen LogP contribution in [-0.4, -0.2) is 152 Å². The van der Waals surface area contributed by atoms with E-state index >= 15 is 13.2 Å². The molecule has 5 N–H and O–H groups in total. The summed E-state index contributed by atoms with van der Waals surface area (Å²) in [5, 5.41) is 13.5. The van der Waals surface area contributed by atoms with Crippen LogP contribution >= 0.6 is 0 Å². The fraction of sp³-hybridized carbons (Fsp3) is 0.477. The number of carbonyl (C=O) groups is 7. The largest absolute Gasteiger partial charge is 0.495 e. The van der Waals surface area contributed by atoms with Crippen molar-refractivity contribution in [3.05, 3.63) is 59.0 Å². The van der Waals surface area contributed by atoms with Gasteiger partial charge >= 0.3 is 5.92 Å². The van der Waals surface area contributed by atoms with Gasteiger partial charge in [-0.25, -0.2) is 9.37 Å². The van der Waals surface area contributed by atoms with Gasteiger partial charge in [0, 0.05) is 63.5 Å². The Labute approximate surface area is 382 Å². The molecule has 356 valence electrons. The number of imide groups is 2. The fourth-order valence-electron chi connectivity index (χ4n) is 9.09. The summed E-state index contributed by atoms with van der Waals surface area (Å²) in [6, 6.07) is 5.24. The van der Waals surface area contributed by atoms with E-state index in [1.54, 1.807) is 12.1 Å². The fourth-order valence-corrected chi connectivity index (χ4v) is 9.09. The van der Waals surface area contributed by atoms with Gasteiger partial charge in [0.25, 0.3) is 23.6 Å². The monoisotopic (exact) mass is 933 g/mol. The standard InChI is InChI=1S/C44H50F3N11O9/c1-55-32-20-50-43(54-37(32)57(25-6-3-4-7-25)23-44(46,47)42(55)65)52-30-19-28(45)27(18-33(30)66-2)38(61)51-24-12-14-56(22-24)15-17-67-16-13-48-35(60)21-49-29-9-5-8-26-36(29)41(64)58(40(26)63)31-10-11-34(59)53-39(31)62/h5,8-9,18-20,24-25,31,49H,3-4,6-7,10-17,21-23H2,1-2H3,(H,48,60)(H,51,61)(H,50,52,54)(H,53,59,62)/t24-,31?/m0/s1. The summed E-state index contributed by atoms with van der Waals surface area (Å²) in [4.78, 5) is 103. The Morgan fingerprint density at radius 3 is 2.55 bits per heavy atom. The van der Waals surface area contributed by atoms with Crippen molar-refractivity contribution in [1.82, 2.24) is 35.7 Å². The first-order chi connectivity index (χ1) is 32.1. The van der Waals surface area contributed by atoms with E-state index in [-0.39, 0.29) is 95.9 Å². The van der Waals surface area contributed by atoms with Crippen molar-refractivity contribution in [2.45, 2.75) is 69.0 Å². The van der Waals surface area contributed by atoms with Gasteiger partial charge in [0.05, 0.1) is 62.0 Å². The molecule has 3 aromatic rings. The Kier molecular flexibility index (Phi) is 13.6. The molecule has 1 aliphatic carbocycles. The average molecular weight is 934 g/mol. The van der Waals surface area contributed by atoms with Gasteiger partial charge in [-0.1, -0.05) is 18.9 Å². The number of carbonyl (C=O) groups excluding carboxylic acids is 7. The summed E-state index contributed by atoms with van der Waals surface area (Å²) in [7, 11) is 2.59. The van der Waals surface area contributed by atoms with Crippen molar-refractivity contribution in [1.29, 1.82) is 0 Å². The maximum Gasteiger partial charge on any atom is 0.342 e. The van der Waals surface area contributed by atoms with E-state index in [0.717, 1.165) is 28.7 Å². The number of halogens is 3. The van der Waals surface area contributed by atoms with Crippen molar-refractivity contribution < 1.29 is 56.2 Å². The second kappa shape index (κ2) is 19.5. The third-order valence-electron chi connectivity index (χ3n) is 12.6. The third kappa shape index (κ3) is 9.82. The Balaban J connectivity index is 0.773. The second-order valence-electron chi connectivity index (χ2n) is 16.9. The van der Waals surface area contributed by atoms with Gasteiger partial charge in [0.15, 0.2) is 5.82 Å². The zero-order valence-electron chi connectivity index (χ0n) is 36.8. The van der Waals surface area contributed by atoms with Gasteiger partial charge in [0.2, 0.25) is 23.7 Å². The number of methoxy groups -OCH3 is 1. The molecule has 0 bridgehead atoms. The number of fused-ring (bicyclic) bond motifs is 2. The minimum absolute atomic E-state index is 0.00420. The number of likely N-dealkylation sites (tertiary alicyclic amines) is 1. The van der Waals surface area contributed by atoms with Gasteiger partial charge in [0.1, 0.15) is 23.3 Å². The highest BCUT2D eigenvalue weighted by molar-refractivity contribution is 6.25. The Morgan fingerprint density at radius 1 is 1.00 bits per heavy atom. The molecule has 1 saturated carbocycles. The molecule has 0 spiro atoms. The number of anilines is 5. The molecule has 4 aliphatic heterocycles. The van der Waals surface area contributed by atoms with Gasteiger partial charge in [-0.3, -0.25) is 48.7 Å². The molecular formula is C44H50F3N11O9. The van der Waals surface area contributed by atoms with Crippen molar-refractivity contribution >= 4 is 70.2 Å². The van der Waals surface area contributed by atoms with E-state index in [4.69, 9.17) is 9.47 Å². The molecule has 23 heteroatoms. The molecule has 20 nitrogen and oxygen atoms in total. The van der Waals surface area contributed by atoms with Crippen LogP contribution in [0.4, 0.5) is 42.0 Å². The maximum atomic E-state index is 15.6. The molecule has 7 amide bonds. The van der Waals surface area contributed by atoms with Crippen molar-refractivity contribution in [3.63, 3.8) is 0 Å². The van der Waals surface area contributed by atoms with Crippen molar-refractivity contribution in [3.8, 4) is 5.75 Å². The number of nitrogens with one attached hydrogen (secondary N) is 5. The van der Waals surface area contributed by atoms with E-state index in [9.17, 15) is 33.6 Å². The molecule has 3 fully saturated rings. The molecular weight excluding hydrogens is 884 g/mol. The van der Waals surface area contributed by atoms with E-state index in [0.29, 0.717) is 45.5 Å². The minimum Gasteiger partial charge on any atom is -0.495 e. The van der Waals surface area contributed by atoms with Gasteiger partial charge in [-0.2, -0.15) is 13.8 Å². The number of hydrogen-bond acceptors (Lipinski definition) is 15. The first kappa shape index (κ1) is 46.6. The predicted molar refractivity (Wildman–Crippen MR) is 234 cm³/mol. The Bertz CT molecular complexity index is 2490. The number of rotatable bonds is 16. The van der Waals surface area contributed by atoms with Crippen LogP contribution < -0.4 is 41.1 Å². The number of nitrogens with zero attached hydrogens (tertiary/aromatic N) is 6. The molecule has 8 rings (SSSR count). The van der Waals surface area contributed by atoms with Crippen LogP contribution in [0.15, 0.2) is 36.5 Å². The maximum absolute atomic E-state index is 15.6. The number of piperidine rings is 1. The van der Waals surface area contributed by atoms with Crippen LogP contribution in [-0.2, 0) is 23.9 Å². The Morgan fingerprint density at radius 2 is 1.79 bits per heavy atom. The lowest BCUT2D eigenvalue weighted by atomic mass is 10.0. The zero-order valence-corrected chi connectivity index (χ0v) is 36.8. The normalized spacial score (nSPS) is 20.7. The average Bonchev–Trinajstić information content (AvgIpc) is 4.05. The molecule has 1 aromatic heterocycles. The SMILES string of the molecule is COc1cc(C(=O)N[C@H]2CCN(CCOCCNC(=O)CNc3cccc4c3C(=O)N(C3CCC(=O)NC3=O)C4=O)C2)c(F)cc1Nc1ncc2c(n1)N(C1CCCC1)CC(F)(F)C(=O)N2C. The van der Waals surface area contributed by atoms with E-state index in [1.807, 2.05) is 0 Å². The zero-order chi connectivity index (χ0) is 47.6. The summed E-state index contributed by atoms with van der Waals surface area (Å²) >= 11 is 0. The van der Waals surface area contributed by atoms with Crippen LogP contribution in [0.2, 0.25) is 0 Å². The molecule has 5 heterocycles. The number of aromatic nitrogens is 2. The first-order valence-corrected chi connectivity index (χ1v) is 22.0. The van der Waals surface area contributed by atoms with E-state index in [1.165, 1.54) is 37.4 Å². The molecule has 0 radical (unpaired) electrons. The quantitative estimate of drug-likeness (QED) is 0.102. The van der Waals surface area contributed by atoms with Crippen LogP contribution in [0.25, 0.3) is 0 Å². The summed E-state index contributed by atoms with van der Waals surface area (Å²) < 4.78 is 56.9. The summed E-state index contributed by atoms with van der Waals surface area (Å²) in [6.45, 7) is 1.34. The topological polar surface area (TPSA) is 237 Å². The lowest BCUT2D eigenvalue weighted by molar-refractivity contribution is -0.140. The molecule has 2 saturated heterocycles. The smallest absolute Gasteiger partial charge is 0.342 e. The van der Waals surface area contributed by atoms with Gasteiger partial charge in [-0.15, -0.1) is 0 Å². The summed E-state index contributed by atoms with van der Waals surface area (Å²) in [6.07, 6.45) is 4.93. The Hall–Kier alpha value is -6.88. The van der Waals surface area contributed by atoms with Crippen molar-refractivity contribution in [2.75, 3.05) is 87.1 Å². The van der Waals surface area contributed by atoms with Crippen LogP contribution in [0.3, 0.4) is 0 Å². The number of benzene rings is 2. The van der Waals surface area contributed by atoms with E-state index < -0.39 is 65.7 Å². The van der Waals surface area contributed by atoms with Crippen LogP contribution in [0.5, 0.6) is 5.75 Å². The highest BCUT2D eigenvalue weighted by Gasteiger charge is 2.49. The van der Waals surface area contributed by atoms with Crippen LogP contribution in [0.1, 0.15) is 76.0 Å². The number of alkyl halides is 2. The molecule has 67 heavy (non-hydrogen) atoms. The van der Waals surface area contributed by atoms with Crippen LogP contribution in [0, 0.1) is 5.82 Å². The molecule has 2 aromatic carbocycles. The lowest BCUT2D eigenvalue weighted by Crippen LogP contribution is -2.54. The molecule has 1 unspecified atom stereocenters. The van der Waals surface area contributed by atoms with Gasteiger partial charge < -0.3 is 40.5 Å². The second-order valence-corrected chi connectivity index (χ2v) is 16.9. The predicted octanol–water partition coefficient (Wildman–Crippen LogP) is 2.18. The molecule has 5 aliphatic rings. The highest BCUT2D eigenvalue weighted by Crippen LogP contribution is 2.40. The van der Waals surface area contributed by atoms with Gasteiger partial charge in [-0.05, 0) is 43.9 Å². The first-order valence-electron chi connectivity index (χ1n) is 22.0. The number of ether oxygens (including phenoxy) is 2. The highest BCUT2D eigenvalue weighted by atomic mass is 19.3. The number of hydrogen-bond donors (Lipinski definition) is 5. The van der Waals surface area contributed by atoms with E-state index in [2.05, 4.69) is 41.5 Å². The molecule has 2 atom stereocenters. The van der Waals surface area contributed by atoms with Crippen molar-refractivity contribution in [2.24, 2.45) is 0 Å².